The Morgan fingerprint density at radius 3 is 2.81 bits per heavy atom. The molecule has 5 N–H and O–H groups in total. The number of benzene rings is 2. The molecule has 2 atom stereocenters. The fraction of sp³-hybridized carbons (Fsp3) is 0.379. The van der Waals surface area contributed by atoms with Gasteiger partial charge in [-0.3, -0.25) is 14.9 Å². The minimum atomic E-state index is -0.755. The molecule has 0 saturated carbocycles. The second kappa shape index (κ2) is 15.4. The first kappa shape index (κ1) is 31.1. The van der Waals surface area contributed by atoms with Gasteiger partial charge >= 0.3 is 6.09 Å². The molecule has 1 aliphatic heterocycles. The van der Waals surface area contributed by atoms with Crippen molar-refractivity contribution in [2.45, 2.75) is 31.5 Å². The number of anilines is 1. The van der Waals surface area contributed by atoms with Crippen molar-refractivity contribution in [1.82, 2.24) is 25.8 Å². The summed E-state index contributed by atoms with van der Waals surface area (Å²) in [5.74, 6) is -0.762. The Kier molecular flexibility index (Phi) is 11.4. The van der Waals surface area contributed by atoms with Gasteiger partial charge in [-0.2, -0.15) is 0 Å². The maximum Gasteiger partial charge on any atom is 0.412 e. The Bertz CT molecular complexity index is 1400. The summed E-state index contributed by atoms with van der Waals surface area (Å²) < 4.78 is 19.1. The Morgan fingerprint density at radius 1 is 1.19 bits per heavy atom. The number of pyridine rings is 1. The van der Waals surface area contributed by atoms with Crippen LogP contribution in [0.1, 0.15) is 18.4 Å². The Labute approximate surface area is 247 Å². The summed E-state index contributed by atoms with van der Waals surface area (Å²) in [6.07, 6.45) is 1.21. The van der Waals surface area contributed by atoms with Gasteiger partial charge in [-0.05, 0) is 29.5 Å². The van der Waals surface area contributed by atoms with E-state index in [1.165, 1.54) is 12.1 Å². The van der Waals surface area contributed by atoms with Gasteiger partial charge < -0.3 is 30.7 Å². The normalized spacial score (nSPS) is 15.7. The maximum atomic E-state index is 13.7. The van der Waals surface area contributed by atoms with Gasteiger partial charge in [0.2, 0.25) is 11.8 Å². The molecule has 0 aliphatic carbocycles. The Hall–Kier alpha value is -3.84. The summed E-state index contributed by atoms with van der Waals surface area (Å²) >= 11 is 5.98. The fourth-order valence-electron chi connectivity index (χ4n) is 4.57. The average Bonchev–Trinajstić information content (AvgIpc) is 3.00. The van der Waals surface area contributed by atoms with E-state index in [1.807, 2.05) is 24.3 Å². The number of amides is 3. The molecule has 3 amide bonds. The SMILES string of the molecule is O=C(CNCc1cccc(F)c1Cl)N[C@@H](CCC(=O)N1CCN[C@@H](CO)C1)COC(=O)Nc1cc2ccccc2cn1. The topological polar surface area (TPSA) is 145 Å². The number of hydrogen-bond donors (Lipinski definition) is 5. The number of nitrogens with one attached hydrogen (secondary N) is 4. The molecular weight excluding hydrogens is 567 g/mol. The Balaban J connectivity index is 1.31. The zero-order valence-corrected chi connectivity index (χ0v) is 23.7. The van der Waals surface area contributed by atoms with Gasteiger partial charge in [0, 0.05) is 50.2 Å². The molecule has 1 fully saturated rings. The van der Waals surface area contributed by atoms with Crippen LogP contribution in [0.2, 0.25) is 5.02 Å². The van der Waals surface area contributed by atoms with Gasteiger partial charge in [-0.15, -0.1) is 0 Å². The van der Waals surface area contributed by atoms with Crippen molar-refractivity contribution in [3.63, 3.8) is 0 Å². The summed E-state index contributed by atoms with van der Waals surface area (Å²) in [7, 11) is 0. The van der Waals surface area contributed by atoms with Gasteiger partial charge in [0.1, 0.15) is 18.2 Å². The molecule has 1 aliphatic rings. The predicted molar refractivity (Wildman–Crippen MR) is 156 cm³/mol. The molecule has 4 rings (SSSR count). The lowest BCUT2D eigenvalue weighted by Crippen LogP contribution is -2.54. The molecule has 1 saturated heterocycles. The van der Waals surface area contributed by atoms with Crippen LogP contribution in [-0.4, -0.2) is 84.4 Å². The molecule has 224 valence electrons. The van der Waals surface area contributed by atoms with Crippen LogP contribution < -0.4 is 21.3 Å². The van der Waals surface area contributed by atoms with Crippen LogP contribution in [0.5, 0.6) is 0 Å². The molecule has 0 unspecified atom stereocenters. The average molecular weight is 601 g/mol. The summed E-state index contributed by atoms with van der Waals surface area (Å²) in [6, 6.07) is 12.9. The van der Waals surface area contributed by atoms with Crippen LogP contribution in [0.3, 0.4) is 0 Å². The van der Waals surface area contributed by atoms with E-state index >= 15 is 0 Å². The molecule has 2 heterocycles. The second-order valence-corrected chi connectivity index (χ2v) is 10.3. The molecule has 2 aromatic carbocycles. The highest BCUT2D eigenvalue weighted by Gasteiger charge is 2.24. The van der Waals surface area contributed by atoms with E-state index in [0.717, 1.165) is 10.8 Å². The van der Waals surface area contributed by atoms with Crippen molar-refractivity contribution in [2.75, 3.05) is 44.7 Å². The van der Waals surface area contributed by atoms with Crippen LogP contribution in [0.25, 0.3) is 10.8 Å². The van der Waals surface area contributed by atoms with E-state index in [9.17, 15) is 23.9 Å². The van der Waals surface area contributed by atoms with Gasteiger partial charge in [0.25, 0.3) is 0 Å². The number of ether oxygens (including phenoxy) is 1. The zero-order chi connectivity index (χ0) is 29.9. The summed E-state index contributed by atoms with van der Waals surface area (Å²) in [4.78, 5) is 44.0. The first-order valence-corrected chi connectivity index (χ1v) is 14.0. The van der Waals surface area contributed by atoms with Crippen LogP contribution in [0.4, 0.5) is 15.0 Å². The highest BCUT2D eigenvalue weighted by atomic mass is 35.5. The lowest BCUT2D eigenvalue weighted by atomic mass is 10.1. The van der Waals surface area contributed by atoms with E-state index in [2.05, 4.69) is 26.3 Å². The number of carbonyl (C=O) groups is 3. The van der Waals surface area contributed by atoms with Crippen LogP contribution in [0, 0.1) is 5.82 Å². The molecule has 0 bridgehead atoms. The third-order valence-electron chi connectivity index (χ3n) is 6.81. The van der Waals surface area contributed by atoms with Crippen LogP contribution in [-0.2, 0) is 20.9 Å². The number of aromatic nitrogens is 1. The molecule has 0 spiro atoms. The van der Waals surface area contributed by atoms with Crippen molar-refractivity contribution in [3.05, 3.63) is 71.1 Å². The monoisotopic (exact) mass is 600 g/mol. The highest BCUT2D eigenvalue weighted by Crippen LogP contribution is 2.19. The molecule has 13 heteroatoms. The molecular formula is C29H34ClFN6O5. The number of rotatable bonds is 12. The molecule has 42 heavy (non-hydrogen) atoms. The number of aliphatic hydroxyl groups excluding tert-OH is 1. The van der Waals surface area contributed by atoms with Crippen molar-refractivity contribution in [3.8, 4) is 0 Å². The third kappa shape index (κ3) is 9.08. The van der Waals surface area contributed by atoms with E-state index < -0.39 is 23.9 Å². The molecule has 3 aromatic rings. The minimum Gasteiger partial charge on any atom is -0.447 e. The van der Waals surface area contributed by atoms with E-state index in [-0.39, 0.29) is 56.1 Å². The molecule has 11 nitrogen and oxygen atoms in total. The second-order valence-electron chi connectivity index (χ2n) is 9.93. The largest absolute Gasteiger partial charge is 0.447 e. The smallest absolute Gasteiger partial charge is 0.412 e. The number of hydrogen-bond acceptors (Lipinski definition) is 8. The minimum absolute atomic E-state index is 0.0153. The number of nitrogens with zero attached hydrogens (tertiary/aromatic N) is 2. The number of aliphatic hydroxyl groups is 1. The van der Waals surface area contributed by atoms with Gasteiger partial charge in [-0.1, -0.05) is 48.0 Å². The summed E-state index contributed by atoms with van der Waals surface area (Å²) in [6.45, 7) is 1.26. The van der Waals surface area contributed by atoms with Crippen LogP contribution >= 0.6 is 11.6 Å². The molecule has 0 radical (unpaired) electrons. The third-order valence-corrected chi connectivity index (χ3v) is 7.23. The number of halogens is 2. The number of carbonyl (C=O) groups excluding carboxylic acids is 3. The van der Waals surface area contributed by atoms with Gasteiger partial charge in [-0.25, -0.2) is 14.2 Å². The van der Waals surface area contributed by atoms with Gasteiger partial charge in [0.15, 0.2) is 0 Å². The lowest BCUT2D eigenvalue weighted by Gasteiger charge is -2.33. The van der Waals surface area contributed by atoms with E-state index in [4.69, 9.17) is 16.3 Å². The summed E-state index contributed by atoms with van der Waals surface area (Å²) in [5, 5.41) is 22.7. The highest BCUT2D eigenvalue weighted by molar-refractivity contribution is 6.31. The maximum absolute atomic E-state index is 13.7. The summed E-state index contributed by atoms with van der Waals surface area (Å²) in [5.41, 5.74) is 0.506. The number of piperazine rings is 1. The van der Waals surface area contributed by atoms with E-state index in [1.54, 1.807) is 23.2 Å². The number of fused-ring (bicyclic) bond motifs is 1. The first-order chi connectivity index (χ1) is 20.3. The van der Waals surface area contributed by atoms with Crippen molar-refractivity contribution in [2.24, 2.45) is 0 Å². The standard InChI is InChI=1S/C29H34ClFN6O5/c30-28-21(6-3-7-24(28)31)13-32-15-26(39)35-22(8-9-27(40)37-11-10-33-23(16-37)17-38)18-42-29(41)36-25-12-19-4-1-2-5-20(19)14-34-25/h1-7,12,14,22-23,32-33,38H,8-11,13,15-18H2,(H,35,39)(H,34,36,41)/t22-,23+/m0/s1. The quantitative estimate of drug-likeness (QED) is 0.213. The van der Waals surface area contributed by atoms with Gasteiger partial charge in [0.05, 0.1) is 24.2 Å². The van der Waals surface area contributed by atoms with E-state index in [0.29, 0.717) is 31.0 Å². The van der Waals surface area contributed by atoms with Crippen molar-refractivity contribution in [1.29, 1.82) is 0 Å². The molecule has 1 aromatic heterocycles. The van der Waals surface area contributed by atoms with Crippen molar-refractivity contribution < 1.29 is 28.6 Å². The van der Waals surface area contributed by atoms with Crippen molar-refractivity contribution >= 4 is 46.1 Å². The predicted octanol–water partition coefficient (Wildman–Crippen LogP) is 2.42. The first-order valence-electron chi connectivity index (χ1n) is 13.7. The van der Waals surface area contributed by atoms with Crippen LogP contribution in [0.15, 0.2) is 54.7 Å². The lowest BCUT2D eigenvalue weighted by molar-refractivity contribution is -0.133. The zero-order valence-electron chi connectivity index (χ0n) is 22.9. The Morgan fingerprint density at radius 2 is 2.00 bits per heavy atom. The fourth-order valence-corrected chi connectivity index (χ4v) is 4.76.